The van der Waals surface area contributed by atoms with Gasteiger partial charge in [-0.25, -0.2) is 9.97 Å². The second-order valence-corrected chi connectivity index (χ2v) is 3.99. The summed E-state index contributed by atoms with van der Waals surface area (Å²) in [6.07, 6.45) is 3.75. The Labute approximate surface area is 99.1 Å². The summed E-state index contributed by atoms with van der Waals surface area (Å²) in [6.45, 7) is 2.19. The number of rotatable bonds is 4. The average Bonchev–Trinajstić information content (AvgIpc) is 2.82. The Hall–Kier alpha value is -1.72. The van der Waals surface area contributed by atoms with Crippen molar-refractivity contribution in [1.82, 2.24) is 14.9 Å². The number of hydrogen-bond acceptors (Lipinski definition) is 4. The first-order valence-electron chi connectivity index (χ1n) is 5.75. The number of nitrogens with one attached hydrogen (secondary N) is 1. The highest BCUT2D eigenvalue weighted by Crippen LogP contribution is 2.09. The Morgan fingerprint density at radius 2 is 2.18 bits per heavy atom. The predicted octanol–water partition coefficient (Wildman–Crippen LogP) is 1.04. The van der Waals surface area contributed by atoms with E-state index in [9.17, 15) is 9.18 Å². The third-order valence-corrected chi connectivity index (χ3v) is 2.74. The molecule has 0 atom stereocenters. The molecule has 0 aromatic carbocycles. The highest BCUT2D eigenvalue weighted by Gasteiger charge is 2.16. The molecule has 1 aromatic heterocycles. The van der Waals surface area contributed by atoms with E-state index in [-0.39, 0.29) is 5.91 Å². The molecular weight excluding hydrogens is 223 g/mol. The number of anilines is 1. The zero-order valence-electron chi connectivity index (χ0n) is 9.53. The van der Waals surface area contributed by atoms with Gasteiger partial charge in [0.1, 0.15) is 12.1 Å². The first kappa shape index (κ1) is 11.8. The molecule has 1 amide bonds. The van der Waals surface area contributed by atoms with Crippen LogP contribution in [0.1, 0.15) is 19.3 Å². The van der Waals surface area contributed by atoms with Crippen molar-refractivity contribution >= 4 is 11.7 Å². The van der Waals surface area contributed by atoms with Gasteiger partial charge in [0.25, 0.3) is 0 Å². The minimum atomic E-state index is -0.576. The molecule has 0 saturated carbocycles. The van der Waals surface area contributed by atoms with Gasteiger partial charge in [-0.2, -0.15) is 4.39 Å². The lowest BCUT2D eigenvalue weighted by Crippen LogP contribution is -2.29. The van der Waals surface area contributed by atoms with Gasteiger partial charge >= 0.3 is 0 Å². The Morgan fingerprint density at radius 1 is 1.41 bits per heavy atom. The molecule has 0 spiro atoms. The SMILES string of the molecule is O=C(CCNc1cc(F)ncn1)N1CCCC1. The monoisotopic (exact) mass is 238 g/mol. The van der Waals surface area contributed by atoms with Crippen molar-refractivity contribution in [2.45, 2.75) is 19.3 Å². The second-order valence-electron chi connectivity index (χ2n) is 3.99. The van der Waals surface area contributed by atoms with E-state index in [1.807, 2.05) is 4.90 Å². The number of halogens is 1. The molecule has 1 aromatic rings. The molecule has 0 bridgehead atoms. The molecule has 6 heteroatoms. The number of carbonyl (C=O) groups excluding carboxylic acids is 1. The summed E-state index contributed by atoms with van der Waals surface area (Å²) in [5.74, 6) is -0.0235. The highest BCUT2D eigenvalue weighted by atomic mass is 19.1. The normalized spacial score (nSPS) is 15.0. The molecule has 0 unspecified atom stereocenters. The van der Waals surface area contributed by atoms with Gasteiger partial charge in [-0.1, -0.05) is 0 Å². The molecule has 1 fully saturated rings. The van der Waals surface area contributed by atoms with Gasteiger partial charge in [0.05, 0.1) is 0 Å². The van der Waals surface area contributed by atoms with E-state index in [2.05, 4.69) is 15.3 Å². The van der Waals surface area contributed by atoms with Crippen molar-refractivity contribution < 1.29 is 9.18 Å². The Balaban J connectivity index is 1.73. The Bertz CT molecular complexity index is 393. The van der Waals surface area contributed by atoms with Crippen LogP contribution in [-0.2, 0) is 4.79 Å². The lowest BCUT2D eigenvalue weighted by atomic mass is 10.3. The van der Waals surface area contributed by atoms with E-state index in [0.717, 1.165) is 32.3 Å². The van der Waals surface area contributed by atoms with E-state index in [1.165, 1.54) is 6.07 Å². The van der Waals surface area contributed by atoms with E-state index < -0.39 is 5.95 Å². The molecule has 92 valence electrons. The second kappa shape index (κ2) is 5.56. The smallest absolute Gasteiger partial charge is 0.224 e. The van der Waals surface area contributed by atoms with Gasteiger partial charge in [0, 0.05) is 32.1 Å². The van der Waals surface area contributed by atoms with Crippen LogP contribution in [0.5, 0.6) is 0 Å². The first-order valence-corrected chi connectivity index (χ1v) is 5.75. The molecule has 1 N–H and O–H groups in total. The van der Waals surface area contributed by atoms with Crippen LogP contribution in [0, 0.1) is 5.95 Å². The average molecular weight is 238 g/mol. The number of aromatic nitrogens is 2. The summed E-state index contributed by atoms with van der Waals surface area (Å²) >= 11 is 0. The summed E-state index contributed by atoms with van der Waals surface area (Å²) in [7, 11) is 0. The van der Waals surface area contributed by atoms with Crippen molar-refractivity contribution in [1.29, 1.82) is 0 Å². The van der Waals surface area contributed by atoms with Crippen LogP contribution < -0.4 is 5.32 Å². The summed E-state index contributed by atoms with van der Waals surface area (Å²) < 4.78 is 12.7. The van der Waals surface area contributed by atoms with Gasteiger partial charge in [0.2, 0.25) is 11.9 Å². The topological polar surface area (TPSA) is 58.1 Å². The number of hydrogen-bond donors (Lipinski definition) is 1. The van der Waals surface area contributed by atoms with Crippen LogP contribution in [0.2, 0.25) is 0 Å². The molecule has 0 aliphatic carbocycles. The fraction of sp³-hybridized carbons (Fsp3) is 0.545. The molecule has 5 nitrogen and oxygen atoms in total. The summed E-state index contributed by atoms with van der Waals surface area (Å²) in [5, 5.41) is 2.90. The number of likely N-dealkylation sites (tertiary alicyclic amines) is 1. The maximum Gasteiger partial charge on any atom is 0.224 e. The van der Waals surface area contributed by atoms with Gasteiger partial charge in [-0.15, -0.1) is 0 Å². The minimum Gasteiger partial charge on any atom is -0.369 e. The van der Waals surface area contributed by atoms with E-state index >= 15 is 0 Å². The van der Waals surface area contributed by atoms with Crippen molar-refractivity contribution in [3.05, 3.63) is 18.3 Å². The van der Waals surface area contributed by atoms with Gasteiger partial charge < -0.3 is 10.2 Å². The van der Waals surface area contributed by atoms with E-state index in [4.69, 9.17) is 0 Å². The van der Waals surface area contributed by atoms with Crippen molar-refractivity contribution in [2.24, 2.45) is 0 Å². The number of carbonyl (C=O) groups is 1. The van der Waals surface area contributed by atoms with Crippen LogP contribution in [0.3, 0.4) is 0 Å². The van der Waals surface area contributed by atoms with E-state index in [0.29, 0.717) is 18.8 Å². The zero-order valence-corrected chi connectivity index (χ0v) is 9.53. The maximum absolute atomic E-state index is 12.7. The largest absolute Gasteiger partial charge is 0.369 e. The molecule has 1 saturated heterocycles. The number of nitrogens with zero attached hydrogens (tertiary/aromatic N) is 3. The molecule has 17 heavy (non-hydrogen) atoms. The molecular formula is C11H15FN4O. The summed E-state index contributed by atoms with van der Waals surface area (Å²) in [5.41, 5.74) is 0. The third-order valence-electron chi connectivity index (χ3n) is 2.74. The summed E-state index contributed by atoms with van der Waals surface area (Å²) in [4.78, 5) is 20.7. The standard InChI is InChI=1S/C11H15FN4O/c12-9-7-10(15-8-14-9)13-4-3-11(17)16-5-1-2-6-16/h7-8H,1-6H2,(H,13,14,15). The Morgan fingerprint density at radius 3 is 2.88 bits per heavy atom. The molecule has 2 heterocycles. The zero-order chi connectivity index (χ0) is 12.1. The maximum atomic E-state index is 12.7. The van der Waals surface area contributed by atoms with Gasteiger partial charge in [0.15, 0.2) is 0 Å². The van der Waals surface area contributed by atoms with Crippen molar-refractivity contribution in [3.8, 4) is 0 Å². The van der Waals surface area contributed by atoms with Crippen LogP contribution in [-0.4, -0.2) is 40.4 Å². The molecule has 1 aliphatic heterocycles. The van der Waals surface area contributed by atoms with Crippen molar-refractivity contribution in [3.63, 3.8) is 0 Å². The van der Waals surface area contributed by atoms with Gasteiger partial charge in [-0.3, -0.25) is 4.79 Å². The fourth-order valence-electron chi connectivity index (χ4n) is 1.85. The predicted molar refractivity (Wildman–Crippen MR) is 60.9 cm³/mol. The van der Waals surface area contributed by atoms with Crippen LogP contribution in [0.4, 0.5) is 10.2 Å². The lowest BCUT2D eigenvalue weighted by Gasteiger charge is -2.15. The summed E-state index contributed by atoms with van der Waals surface area (Å²) in [6, 6.07) is 1.21. The molecule has 1 aliphatic rings. The molecule has 2 rings (SSSR count). The lowest BCUT2D eigenvalue weighted by molar-refractivity contribution is -0.129. The highest BCUT2D eigenvalue weighted by molar-refractivity contribution is 5.76. The van der Waals surface area contributed by atoms with Crippen LogP contribution >= 0.6 is 0 Å². The number of amides is 1. The van der Waals surface area contributed by atoms with Gasteiger partial charge in [-0.05, 0) is 12.8 Å². The van der Waals surface area contributed by atoms with E-state index in [1.54, 1.807) is 0 Å². The minimum absolute atomic E-state index is 0.143. The van der Waals surface area contributed by atoms with Crippen molar-refractivity contribution in [2.75, 3.05) is 25.0 Å². The van der Waals surface area contributed by atoms with Crippen LogP contribution in [0.25, 0.3) is 0 Å². The van der Waals surface area contributed by atoms with Crippen LogP contribution in [0.15, 0.2) is 12.4 Å². The first-order chi connectivity index (χ1) is 8.25. The third kappa shape index (κ3) is 3.37. The Kier molecular flexibility index (Phi) is 3.85. The molecule has 0 radical (unpaired) electrons. The quantitative estimate of drug-likeness (QED) is 0.796. The fourth-order valence-corrected chi connectivity index (χ4v) is 1.85.